The molecule has 1 fully saturated rings. The maximum Gasteiger partial charge on any atom is 0.258 e. The van der Waals surface area contributed by atoms with Gasteiger partial charge in [-0.25, -0.2) is 8.42 Å². The van der Waals surface area contributed by atoms with Crippen molar-refractivity contribution in [1.82, 2.24) is 4.31 Å². The summed E-state index contributed by atoms with van der Waals surface area (Å²) in [4.78, 5) is 15.3. The number of sulfonamides is 1. The van der Waals surface area contributed by atoms with Crippen LogP contribution in [0.15, 0.2) is 83.8 Å². The molecule has 33 heavy (non-hydrogen) atoms. The predicted molar refractivity (Wildman–Crippen MR) is 126 cm³/mol. The van der Waals surface area contributed by atoms with Gasteiger partial charge in [0.2, 0.25) is 10.0 Å². The van der Waals surface area contributed by atoms with E-state index in [9.17, 15) is 13.2 Å². The third-order valence-electron chi connectivity index (χ3n) is 5.52. The van der Waals surface area contributed by atoms with Gasteiger partial charge in [-0.1, -0.05) is 30.3 Å². The van der Waals surface area contributed by atoms with Crippen molar-refractivity contribution in [2.75, 3.05) is 38.3 Å². The molecule has 1 amide bonds. The summed E-state index contributed by atoms with van der Waals surface area (Å²) in [5, 5.41) is 0. The minimum atomic E-state index is -3.62. The zero-order valence-electron chi connectivity index (χ0n) is 18.4. The molecule has 0 atom stereocenters. The number of nitrogens with zero attached hydrogens (tertiary/aromatic N) is 2. The van der Waals surface area contributed by atoms with Crippen molar-refractivity contribution in [3.63, 3.8) is 0 Å². The fraction of sp³-hybridized carbons (Fsp3) is 0.240. The van der Waals surface area contributed by atoms with Gasteiger partial charge in [0.05, 0.1) is 31.8 Å². The molecule has 4 rings (SSSR count). The number of anilines is 1. The lowest BCUT2D eigenvalue weighted by molar-refractivity contribution is 0.0730. The zero-order valence-corrected chi connectivity index (χ0v) is 19.2. The van der Waals surface area contributed by atoms with Crippen LogP contribution in [0.4, 0.5) is 5.69 Å². The number of rotatable bonds is 7. The molecule has 8 heteroatoms. The number of methoxy groups -OCH3 is 1. The van der Waals surface area contributed by atoms with Crippen LogP contribution in [0.5, 0.6) is 5.75 Å². The molecular weight excluding hydrogens is 440 g/mol. The Balaban J connectivity index is 1.61. The third kappa shape index (κ3) is 5.24. The third-order valence-corrected chi connectivity index (χ3v) is 7.43. The number of carbonyl (C=O) groups is 1. The van der Waals surface area contributed by atoms with Crippen LogP contribution in [0.3, 0.4) is 0 Å². The standard InChI is InChI=1S/C25H26N2O5S/c1-31-23-11-9-22(10-12-23)27(19-20-5-3-2-4-6-20)25(28)21-7-13-24(14-8-21)33(29,30)26-15-17-32-18-16-26/h2-14H,15-19H2,1H3. The summed E-state index contributed by atoms with van der Waals surface area (Å²) in [6.45, 7) is 1.79. The van der Waals surface area contributed by atoms with Gasteiger partial charge in [-0.3, -0.25) is 4.79 Å². The summed E-state index contributed by atoms with van der Waals surface area (Å²) < 4.78 is 37.7. The van der Waals surface area contributed by atoms with Gasteiger partial charge in [0, 0.05) is 24.3 Å². The van der Waals surface area contributed by atoms with Gasteiger partial charge in [0.25, 0.3) is 5.91 Å². The first-order valence-corrected chi connectivity index (χ1v) is 12.1. The number of morpholine rings is 1. The van der Waals surface area contributed by atoms with Crippen LogP contribution >= 0.6 is 0 Å². The maximum absolute atomic E-state index is 13.5. The summed E-state index contributed by atoms with van der Waals surface area (Å²) in [6, 6.07) is 23.1. The molecule has 0 N–H and O–H groups in total. The molecule has 0 spiro atoms. The number of carbonyl (C=O) groups excluding carboxylic acids is 1. The smallest absolute Gasteiger partial charge is 0.258 e. The average molecular weight is 467 g/mol. The molecule has 3 aromatic rings. The van der Waals surface area contributed by atoms with Crippen molar-refractivity contribution in [2.24, 2.45) is 0 Å². The fourth-order valence-corrected chi connectivity index (χ4v) is 5.08. The van der Waals surface area contributed by atoms with E-state index < -0.39 is 10.0 Å². The van der Waals surface area contributed by atoms with Crippen LogP contribution in [0.2, 0.25) is 0 Å². The van der Waals surface area contributed by atoms with Crippen molar-refractivity contribution in [3.8, 4) is 5.75 Å². The van der Waals surface area contributed by atoms with Gasteiger partial charge in [0.15, 0.2) is 0 Å². The van der Waals surface area contributed by atoms with Crippen LogP contribution in [0.1, 0.15) is 15.9 Å². The minimum absolute atomic E-state index is 0.167. The van der Waals surface area contributed by atoms with Crippen molar-refractivity contribution >= 4 is 21.6 Å². The lowest BCUT2D eigenvalue weighted by Gasteiger charge is -2.26. The Morgan fingerprint density at radius 3 is 2.18 bits per heavy atom. The van der Waals surface area contributed by atoms with Gasteiger partial charge < -0.3 is 14.4 Å². The van der Waals surface area contributed by atoms with Crippen molar-refractivity contribution in [3.05, 3.63) is 90.0 Å². The molecule has 1 aliphatic heterocycles. The Hall–Kier alpha value is -3.20. The Labute approximate surface area is 194 Å². The van der Waals surface area contributed by atoms with E-state index in [2.05, 4.69) is 0 Å². The predicted octanol–water partition coefficient (Wildman–Crippen LogP) is 3.56. The Morgan fingerprint density at radius 1 is 0.939 bits per heavy atom. The molecule has 0 radical (unpaired) electrons. The maximum atomic E-state index is 13.5. The Bertz CT molecular complexity index is 1170. The summed E-state index contributed by atoms with van der Waals surface area (Å²) >= 11 is 0. The lowest BCUT2D eigenvalue weighted by atomic mass is 10.1. The van der Waals surface area contributed by atoms with E-state index in [4.69, 9.17) is 9.47 Å². The highest BCUT2D eigenvalue weighted by molar-refractivity contribution is 7.89. The van der Waals surface area contributed by atoms with Gasteiger partial charge in [0.1, 0.15) is 5.75 Å². The van der Waals surface area contributed by atoms with Gasteiger partial charge in [-0.15, -0.1) is 0 Å². The highest BCUT2D eigenvalue weighted by Gasteiger charge is 2.27. The molecule has 0 unspecified atom stereocenters. The molecule has 1 heterocycles. The van der Waals surface area contributed by atoms with E-state index in [0.717, 1.165) is 11.3 Å². The van der Waals surface area contributed by atoms with Crippen LogP contribution in [-0.2, 0) is 21.3 Å². The number of ether oxygens (including phenoxy) is 2. The van der Waals surface area contributed by atoms with Crippen LogP contribution in [0.25, 0.3) is 0 Å². The molecule has 0 aromatic heterocycles. The minimum Gasteiger partial charge on any atom is -0.497 e. The highest BCUT2D eigenvalue weighted by Crippen LogP contribution is 2.24. The second kappa shape index (κ2) is 10.2. The summed E-state index contributed by atoms with van der Waals surface area (Å²) in [5.41, 5.74) is 2.10. The topological polar surface area (TPSA) is 76.2 Å². The normalized spacial score (nSPS) is 14.6. The quantitative estimate of drug-likeness (QED) is 0.532. The first kappa shape index (κ1) is 23.0. The second-order valence-corrected chi connectivity index (χ2v) is 9.55. The zero-order chi connectivity index (χ0) is 23.3. The summed E-state index contributed by atoms with van der Waals surface area (Å²) in [7, 11) is -2.03. The van der Waals surface area contributed by atoms with Crippen molar-refractivity contribution < 1.29 is 22.7 Å². The SMILES string of the molecule is COc1ccc(N(Cc2ccccc2)C(=O)c2ccc(S(=O)(=O)N3CCOCC3)cc2)cc1. The summed E-state index contributed by atoms with van der Waals surface area (Å²) in [6.07, 6.45) is 0. The van der Waals surface area contributed by atoms with Gasteiger partial charge in [-0.05, 0) is 54.1 Å². The highest BCUT2D eigenvalue weighted by atomic mass is 32.2. The van der Waals surface area contributed by atoms with E-state index in [1.807, 2.05) is 42.5 Å². The van der Waals surface area contributed by atoms with Crippen molar-refractivity contribution in [1.29, 1.82) is 0 Å². The largest absolute Gasteiger partial charge is 0.497 e. The molecule has 1 aliphatic rings. The van der Waals surface area contributed by atoms with Gasteiger partial charge >= 0.3 is 0 Å². The molecule has 0 saturated carbocycles. The van der Waals surface area contributed by atoms with Crippen LogP contribution < -0.4 is 9.64 Å². The molecule has 172 valence electrons. The monoisotopic (exact) mass is 466 g/mol. The first-order valence-electron chi connectivity index (χ1n) is 10.7. The fourth-order valence-electron chi connectivity index (χ4n) is 3.67. The molecule has 7 nitrogen and oxygen atoms in total. The Kier molecular flexibility index (Phi) is 7.08. The first-order chi connectivity index (χ1) is 16.0. The van der Waals surface area contributed by atoms with E-state index in [0.29, 0.717) is 44.2 Å². The van der Waals surface area contributed by atoms with Crippen molar-refractivity contribution in [2.45, 2.75) is 11.4 Å². The molecule has 3 aromatic carbocycles. The van der Waals surface area contributed by atoms with E-state index in [1.54, 1.807) is 36.3 Å². The second-order valence-electron chi connectivity index (χ2n) is 7.62. The molecule has 0 bridgehead atoms. The number of benzene rings is 3. The average Bonchev–Trinajstić information content (AvgIpc) is 2.88. The Morgan fingerprint density at radius 2 is 1.58 bits per heavy atom. The lowest BCUT2D eigenvalue weighted by Crippen LogP contribution is -2.40. The molecule has 1 saturated heterocycles. The number of hydrogen-bond acceptors (Lipinski definition) is 5. The number of amides is 1. The van der Waals surface area contributed by atoms with E-state index in [1.165, 1.54) is 16.4 Å². The van der Waals surface area contributed by atoms with E-state index >= 15 is 0 Å². The number of hydrogen-bond donors (Lipinski definition) is 0. The van der Waals surface area contributed by atoms with E-state index in [-0.39, 0.29) is 10.8 Å². The molecular formula is C25H26N2O5S. The van der Waals surface area contributed by atoms with Gasteiger partial charge in [-0.2, -0.15) is 4.31 Å². The molecule has 0 aliphatic carbocycles. The van der Waals surface area contributed by atoms with Crippen LogP contribution in [0, 0.1) is 0 Å². The van der Waals surface area contributed by atoms with Crippen LogP contribution in [-0.4, -0.2) is 52.0 Å². The summed E-state index contributed by atoms with van der Waals surface area (Å²) in [5.74, 6) is 0.475.